The zero-order valence-corrected chi connectivity index (χ0v) is 12.7. The maximum Gasteiger partial charge on any atom is 0.326 e. The summed E-state index contributed by atoms with van der Waals surface area (Å²) < 4.78 is 4.89. The van der Waals surface area contributed by atoms with E-state index in [1.165, 1.54) is 7.11 Å². The molecule has 0 aliphatic rings. The maximum absolute atomic E-state index is 12.1. The van der Waals surface area contributed by atoms with Crippen LogP contribution in [0.25, 0.3) is 6.08 Å². The van der Waals surface area contributed by atoms with Crippen LogP contribution in [0.15, 0.2) is 66.7 Å². The van der Waals surface area contributed by atoms with Gasteiger partial charge in [0.05, 0.1) is 7.11 Å². The van der Waals surface area contributed by atoms with Crippen LogP contribution in [0, 0.1) is 0 Å². The molecule has 2 rings (SSSR count). The van der Waals surface area contributed by atoms with Crippen molar-refractivity contribution in [1.29, 1.82) is 0 Å². The lowest BCUT2D eigenvalue weighted by atomic mass is 9.88. The maximum atomic E-state index is 12.1. The Hall–Kier alpha value is -2.39. The van der Waals surface area contributed by atoms with Crippen molar-refractivity contribution in [3.05, 3.63) is 77.9 Å². The first kappa shape index (κ1) is 16.0. The van der Waals surface area contributed by atoms with Crippen molar-refractivity contribution >= 4 is 12.0 Å². The fraction of sp³-hybridized carbons (Fsp3) is 0.211. The number of benzene rings is 2. The second-order valence-electron chi connectivity index (χ2n) is 5.33. The number of methoxy groups -OCH3 is 1. The molecule has 114 valence electrons. The lowest BCUT2D eigenvalue weighted by Gasteiger charge is -2.25. The molecule has 0 unspecified atom stereocenters. The summed E-state index contributed by atoms with van der Waals surface area (Å²) in [5.41, 5.74) is 7.36. The van der Waals surface area contributed by atoms with E-state index in [0.717, 1.165) is 11.1 Å². The molecule has 0 heterocycles. The number of hydrogen-bond donors (Lipinski definition) is 1. The molecule has 3 heteroatoms. The van der Waals surface area contributed by atoms with Crippen LogP contribution in [0.3, 0.4) is 0 Å². The fourth-order valence-corrected chi connectivity index (χ4v) is 2.36. The quantitative estimate of drug-likeness (QED) is 0.833. The Morgan fingerprint density at radius 2 is 1.68 bits per heavy atom. The Bertz CT molecular complexity index is 622. The summed E-state index contributed by atoms with van der Waals surface area (Å²) in [5, 5.41) is 0. The molecule has 22 heavy (non-hydrogen) atoms. The molecular weight excluding hydrogens is 274 g/mol. The van der Waals surface area contributed by atoms with Crippen LogP contribution in [0.2, 0.25) is 0 Å². The minimum Gasteiger partial charge on any atom is -0.468 e. The second-order valence-corrected chi connectivity index (χ2v) is 5.33. The van der Waals surface area contributed by atoms with Crippen molar-refractivity contribution < 1.29 is 9.53 Å². The van der Waals surface area contributed by atoms with Gasteiger partial charge in [0.2, 0.25) is 0 Å². The summed E-state index contributed by atoms with van der Waals surface area (Å²) in [5.74, 6) is -0.394. The minimum absolute atomic E-state index is 0.394. The number of esters is 1. The summed E-state index contributed by atoms with van der Waals surface area (Å²) >= 11 is 0. The highest BCUT2D eigenvalue weighted by Gasteiger charge is 2.34. The summed E-state index contributed by atoms with van der Waals surface area (Å²) in [6.45, 7) is 0. The molecule has 3 nitrogen and oxygen atoms in total. The highest BCUT2D eigenvalue weighted by atomic mass is 16.5. The van der Waals surface area contributed by atoms with Gasteiger partial charge in [-0.05, 0) is 17.5 Å². The van der Waals surface area contributed by atoms with Gasteiger partial charge >= 0.3 is 5.97 Å². The van der Waals surface area contributed by atoms with Gasteiger partial charge in [-0.25, -0.2) is 0 Å². The van der Waals surface area contributed by atoms with Crippen LogP contribution in [-0.4, -0.2) is 18.6 Å². The average molecular weight is 295 g/mol. The van der Waals surface area contributed by atoms with Gasteiger partial charge in [-0.2, -0.15) is 0 Å². The zero-order chi connectivity index (χ0) is 15.8. The molecule has 0 aliphatic carbocycles. The number of rotatable bonds is 6. The number of carbonyl (C=O) groups is 1. The number of hydrogen-bond acceptors (Lipinski definition) is 3. The van der Waals surface area contributed by atoms with Gasteiger partial charge in [0, 0.05) is 6.42 Å². The number of nitrogens with two attached hydrogens (primary N) is 1. The molecule has 0 aliphatic heterocycles. The van der Waals surface area contributed by atoms with Crippen LogP contribution in [-0.2, 0) is 16.0 Å². The van der Waals surface area contributed by atoms with E-state index in [0.29, 0.717) is 12.8 Å². The molecule has 0 radical (unpaired) electrons. The summed E-state index contributed by atoms with van der Waals surface area (Å²) in [6.07, 6.45) is 4.76. The summed E-state index contributed by atoms with van der Waals surface area (Å²) in [6, 6.07) is 19.7. The van der Waals surface area contributed by atoms with Crippen LogP contribution >= 0.6 is 0 Å². The summed E-state index contributed by atoms with van der Waals surface area (Å²) in [7, 11) is 1.37. The fourth-order valence-electron chi connectivity index (χ4n) is 2.36. The van der Waals surface area contributed by atoms with Gasteiger partial charge in [0.1, 0.15) is 5.54 Å². The van der Waals surface area contributed by atoms with Crippen LogP contribution < -0.4 is 5.73 Å². The van der Waals surface area contributed by atoms with Crippen molar-refractivity contribution in [1.82, 2.24) is 0 Å². The molecule has 0 aromatic heterocycles. The first-order chi connectivity index (χ1) is 10.6. The standard InChI is InChI=1S/C19H21NO2/c1-22-18(21)19(20,15-17-11-6-3-7-12-17)14-8-13-16-9-4-2-5-10-16/h2-13H,14-15,20H2,1H3/b13-8+/t19-/m0/s1. The van der Waals surface area contributed by atoms with Gasteiger partial charge < -0.3 is 10.5 Å². The van der Waals surface area contributed by atoms with E-state index in [-0.39, 0.29) is 0 Å². The van der Waals surface area contributed by atoms with Gasteiger partial charge in [-0.1, -0.05) is 72.8 Å². The number of carbonyl (C=O) groups excluding carboxylic acids is 1. The van der Waals surface area contributed by atoms with E-state index in [2.05, 4.69) is 0 Å². The molecular formula is C19H21NO2. The van der Waals surface area contributed by atoms with Crippen molar-refractivity contribution in [3.63, 3.8) is 0 Å². The molecule has 0 saturated heterocycles. The highest BCUT2D eigenvalue weighted by Crippen LogP contribution is 2.18. The third-order valence-corrected chi connectivity index (χ3v) is 3.55. The monoisotopic (exact) mass is 295 g/mol. The first-order valence-electron chi connectivity index (χ1n) is 7.27. The van der Waals surface area contributed by atoms with E-state index in [9.17, 15) is 4.79 Å². The van der Waals surface area contributed by atoms with Crippen molar-refractivity contribution in [2.45, 2.75) is 18.4 Å². The Balaban J connectivity index is 2.12. The molecule has 0 fully saturated rings. The van der Waals surface area contributed by atoms with Gasteiger partial charge in [0.15, 0.2) is 0 Å². The van der Waals surface area contributed by atoms with Crippen LogP contribution in [0.5, 0.6) is 0 Å². The minimum atomic E-state index is -1.05. The largest absolute Gasteiger partial charge is 0.468 e. The molecule has 0 saturated carbocycles. The molecule has 0 bridgehead atoms. The Morgan fingerprint density at radius 3 is 2.27 bits per heavy atom. The van der Waals surface area contributed by atoms with Gasteiger partial charge in [0.25, 0.3) is 0 Å². The van der Waals surface area contributed by atoms with Crippen LogP contribution in [0.1, 0.15) is 17.5 Å². The van der Waals surface area contributed by atoms with Crippen molar-refractivity contribution in [2.75, 3.05) is 7.11 Å². The average Bonchev–Trinajstić information content (AvgIpc) is 2.56. The molecule has 1 atom stereocenters. The normalized spacial score (nSPS) is 13.7. The predicted molar refractivity (Wildman–Crippen MR) is 89.2 cm³/mol. The van der Waals surface area contributed by atoms with E-state index >= 15 is 0 Å². The Labute approximate surface area is 131 Å². The zero-order valence-electron chi connectivity index (χ0n) is 12.7. The predicted octanol–water partition coefficient (Wildman–Crippen LogP) is 3.20. The molecule has 0 spiro atoms. The molecule has 0 amide bonds. The second kappa shape index (κ2) is 7.57. The lowest BCUT2D eigenvalue weighted by molar-refractivity contribution is -0.146. The highest BCUT2D eigenvalue weighted by molar-refractivity contribution is 5.81. The smallest absolute Gasteiger partial charge is 0.326 e. The Kier molecular flexibility index (Phi) is 5.50. The van der Waals surface area contributed by atoms with E-state index in [1.807, 2.05) is 72.8 Å². The molecule has 2 aromatic rings. The van der Waals surface area contributed by atoms with Crippen molar-refractivity contribution in [3.8, 4) is 0 Å². The van der Waals surface area contributed by atoms with Crippen molar-refractivity contribution in [2.24, 2.45) is 5.73 Å². The van der Waals surface area contributed by atoms with Gasteiger partial charge in [-0.15, -0.1) is 0 Å². The third kappa shape index (κ3) is 4.30. The SMILES string of the molecule is COC(=O)[C@](N)(C/C=C/c1ccccc1)Cc1ccccc1. The van der Waals surface area contributed by atoms with Crippen LogP contribution in [0.4, 0.5) is 0 Å². The first-order valence-corrected chi connectivity index (χ1v) is 7.27. The van der Waals surface area contributed by atoms with Gasteiger partial charge in [-0.3, -0.25) is 4.79 Å². The summed E-state index contributed by atoms with van der Waals surface area (Å²) in [4.78, 5) is 12.1. The lowest BCUT2D eigenvalue weighted by Crippen LogP contribution is -2.50. The third-order valence-electron chi connectivity index (χ3n) is 3.55. The molecule has 2 aromatic carbocycles. The number of ether oxygens (including phenoxy) is 1. The van der Waals surface area contributed by atoms with E-state index < -0.39 is 11.5 Å². The molecule has 2 N–H and O–H groups in total. The van der Waals surface area contributed by atoms with E-state index in [4.69, 9.17) is 10.5 Å². The van der Waals surface area contributed by atoms with E-state index in [1.54, 1.807) is 0 Å². The Morgan fingerprint density at radius 1 is 1.09 bits per heavy atom. The topological polar surface area (TPSA) is 52.3 Å².